The molecule has 0 aliphatic rings. The lowest BCUT2D eigenvalue weighted by molar-refractivity contribution is 0.410. The van der Waals surface area contributed by atoms with E-state index in [0.29, 0.717) is 18.7 Å². The van der Waals surface area contributed by atoms with Crippen molar-refractivity contribution in [2.75, 3.05) is 12.3 Å². The highest BCUT2D eigenvalue weighted by Gasteiger charge is 2.18. The van der Waals surface area contributed by atoms with Gasteiger partial charge in [0.05, 0.1) is 5.71 Å². The van der Waals surface area contributed by atoms with Crippen LogP contribution in [0, 0.1) is 0 Å². The molecule has 0 amide bonds. The monoisotopic (exact) mass is 327 g/mol. The Balaban J connectivity index is 3.16. The number of hydrogen-bond acceptors (Lipinski definition) is 5. The van der Waals surface area contributed by atoms with Crippen molar-refractivity contribution in [1.82, 2.24) is 9.13 Å². The van der Waals surface area contributed by atoms with Crippen LogP contribution in [0.3, 0.4) is 0 Å². The van der Waals surface area contributed by atoms with E-state index in [4.69, 9.17) is 0 Å². The molecule has 0 aliphatic carbocycles. The molecular formula is C15H25N3O3S. The van der Waals surface area contributed by atoms with Crippen molar-refractivity contribution in [3.05, 3.63) is 26.4 Å². The molecule has 0 saturated carbocycles. The van der Waals surface area contributed by atoms with E-state index in [9.17, 15) is 14.7 Å². The molecule has 1 rings (SSSR count). The summed E-state index contributed by atoms with van der Waals surface area (Å²) < 4.78 is 2.22. The van der Waals surface area contributed by atoms with E-state index in [-0.39, 0.29) is 16.2 Å². The standard InChI is InChI=1S/C15H25N3O3S/c1-7-10(16-8-9-22-15(2,3)4)11-12(19)17(5)14(21)18(6)13(11)20/h19H,7-9H2,1-6H3. The van der Waals surface area contributed by atoms with Crippen molar-refractivity contribution in [1.29, 1.82) is 0 Å². The molecule has 0 saturated heterocycles. The summed E-state index contributed by atoms with van der Waals surface area (Å²) in [5.74, 6) is 0.511. The van der Waals surface area contributed by atoms with E-state index < -0.39 is 11.2 Å². The summed E-state index contributed by atoms with van der Waals surface area (Å²) in [4.78, 5) is 28.5. The third-order valence-corrected chi connectivity index (χ3v) is 4.44. The van der Waals surface area contributed by atoms with E-state index in [0.717, 1.165) is 14.9 Å². The van der Waals surface area contributed by atoms with Crippen molar-refractivity contribution < 1.29 is 5.11 Å². The number of aromatic hydroxyl groups is 1. The van der Waals surface area contributed by atoms with Gasteiger partial charge in [0.2, 0.25) is 5.88 Å². The molecule has 0 atom stereocenters. The lowest BCUT2D eigenvalue weighted by Crippen LogP contribution is -2.40. The van der Waals surface area contributed by atoms with Crippen LogP contribution in [0.2, 0.25) is 0 Å². The van der Waals surface area contributed by atoms with Gasteiger partial charge in [-0.25, -0.2) is 4.79 Å². The maximum absolute atomic E-state index is 12.3. The van der Waals surface area contributed by atoms with Crippen LogP contribution in [0.25, 0.3) is 0 Å². The third-order valence-electron chi connectivity index (χ3n) is 3.19. The summed E-state index contributed by atoms with van der Waals surface area (Å²) in [5, 5.41) is 10.1. The summed E-state index contributed by atoms with van der Waals surface area (Å²) in [6, 6.07) is 0. The number of thioether (sulfide) groups is 1. The molecule has 0 fully saturated rings. The Morgan fingerprint density at radius 3 is 2.32 bits per heavy atom. The van der Waals surface area contributed by atoms with E-state index in [1.807, 2.05) is 6.92 Å². The van der Waals surface area contributed by atoms with Crippen molar-refractivity contribution in [2.24, 2.45) is 19.1 Å². The van der Waals surface area contributed by atoms with Crippen LogP contribution >= 0.6 is 11.8 Å². The minimum absolute atomic E-state index is 0.118. The zero-order valence-electron chi connectivity index (χ0n) is 14.1. The van der Waals surface area contributed by atoms with Gasteiger partial charge in [0.15, 0.2) is 0 Å². The highest BCUT2D eigenvalue weighted by Crippen LogP contribution is 2.22. The smallest absolute Gasteiger partial charge is 0.333 e. The Kier molecular flexibility index (Phi) is 6.05. The Morgan fingerprint density at radius 1 is 1.23 bits per heavy atom. The van der Waals surface area contributed by atoms with Crippen LogP contribution in [0.1, 0.15) is 39.7 Å². The first kappa shape index (κ1) is 18.5. The fraction of sp³-hybridized carbons (Fsp3) is 0.667. The van der Waals surface area contributed by atoms with Gasteiger partial charge < -0.3 is 5.11 Å². The Labute approximate surface area is 134 Å². The highest BCUT2D eigenvalue weighted by molar-refractivity contribution is 8.00. The summed E-state index contributed by atoms with van der Waals surface area (Å²) in [6.07, 6.45) is 0.515. The normalized spacial score (nSPS) is 12.7. The molecule has 1 heterocycles. The third kappa shape index (κ3) is 4.25. The number of aliphatic imine (C=N–C) groups is 1. The molecule has 0 unspecified atom stereocenters. The summed E-state index contributed by atoms with van der Waals surface area (Å²) >= 11 is 1.79. The summed E-state index contributed by atoms with van der Waals surface area (Å²) in [7, 11) is 2.83. The van der Waals surface area contributed by atoms with Gasteiger partial charge in [0.25, 0.3) is 5.56 Å². The fourth-order valence-electron chi connectivity index (χ4n) is 1.99. The molecule has 124 valence electrons. The van der Waals surface area contributed by atoms with Gasteiger partial charge in [0.1, 0.15) is 5.56 Å². The number of nitrogens with zero attached hydrogens (tertiary/aromatic N) is 3. The second-order valence-electron chi connectivity index (χ2n) is 6.05. The predicted molar refractivity (Wildman–Crippen MR) is 92.5 cm³/mol. The van der Waals surface area contributed by atoms with Gasteiger partial charge in [-0.1, -0.05) is 27.7 Å². The molecule has 7 heteroatoms. The fourth-order valence-corrected chi connectivity index (χ4v) is 2.78. The average Bonchev–Trinajstić information content (AvgIpc) is 2.44. The van der Waals surface area contributed by atoms with Crippen LogP contribution in [-0.2, 0) is 14.1 Å². The molecule has 1 aromatic heterocycles. The molecule has 1 N–H and O–H groups in total. The van der Waals surface area contributed by atoms with E-state index in [2.05, 4.69) is 25.8 Å². The Morgan fingerprint density at radius 2 is 1.82 bits per heavy atom. The topological polar surface area (TPSA) is 76.6 Å². The molecule has 0 radical (unpaired) electrons. The van der Waals surface area contributed by atoms with Crippen LogP contribution in [0.5, 0.6) is 5.88 Å². The maximum Gasteiger partial charge on any atom is 0.333 e. The molecule has 0 bridgehead atoms. The molecule has 0 spiro atoms. The molecule has 22 heavy (non-hydrogen) atoms. The van der Waals surface area contributed by atoms with Gasteiger partial charge in [-0.2, -0.15) is 11.8 Å². The minimum atomic E-state index is -0.551. The Bertz CT molecular complexity index is 681. The number of hydrogen-bond donors (Lipinski definition) is 1. The van der Waals surface area contributed by atoms with Crippen LogP contribution in [-0.4, -0.2) is 37.0 Å². The van der Waals surface area contributed by atoms with E-state index >= 15 is 0 Å². The van der Waals surface area contributed by atoms with E-state index in [1.54, 1.807) is 11.8 Å². The lowest BCUT2D eigenvalue weighted by Gasteiger charge is -2.16. The first-order valence-electron chi connectivity index (χ1n) is 7.26. The number of aromatic nitrogens is 2. The predicted octanol–water partition coefficient (Wildman–Crippen LogP) is 1.52. The second kappa shape index (κ2) is 7.17. The quantitative estimate of drug-likeness (QED) is 0.657. The van der Waals surface area contributed by atoms with Crippen LogP contribution in [0.4, 0.5) is 0 Å². The minimum Gasteiger partial charge on any atom is -0.494 e. The number of rotatable bonds is 5. The molecular weight excluding hydrogens is 302 g/mol. The molecule has 0 aliphatic heterocycles. The second-order valence-corrected chi connectivity index (χ2v) is 7.97. The van der Waals surface area contributed by atoms with Gasteiger partial charge in [-0.15, -0.1) is 0 Å². The van der Waals surface area contributed by atoms with Gasteiger partial charge >= 0.3 is 5.69 Å². The highest BCUT2D eigenvalue weighted by atomic mass is 32.2. The van der Waals surface area contributed by atoms with Crippen molar-refractivity contribution in [2.45, 2.75) is 38.9 Å². The Hall–Kier alpha value is -1.50. The summed E-state index contributed by atoms with van der Waals surface area (Å²) in [5.41, 5.74) is -0.411. The first-order chi connectivity index (χ1) is 10.1. The lowest BCUT2D eigenvalue weighted by atomic mass is 10.1. The van der Waals surface area contributed by atoms with Crippen molar-refractivity contribution in [3.63, 3.8) is 0 Å². The largest absolute Gasteiger partial charge is 0.494 e. The first-order valence-corrected chi connectivity index (χ1v) is 8.25. The average molecular weight is 327 g/mol. The van der Waals surface area contributed by atoms with Gasteiger partial charge in [-0.3, -0.25) is 18.9 Å². The van der Waals surface area contributed by atoms with Gasteiger partial charge in [-0.05, 0) is 6.42 Å². The summed E-state index contributed by atoms with van der Waals surface area (Å²) in [6.45, 7) is 8.85. The molecule has 1 aromatic rings. The zero-order chi connectivity index (χ0) is 17.1. The van der Waals surface area contributed by atoms with Gasteiger partial charge in [0, 0.05) is 31.1 Å². The van der Waals surface area contributed by atoms with Crippen molar-refractivity contribution >= 4 is 17.5 Å². The molecule has 0 aromatic carbocycles. The SMILES string of the molecule is CCC(=NCCSC(C)(C)C)c1c(O)n(C)c(=O)n(C)c1=O. The molecule has 6 nitrogen and oxygen atoms in total. The van der Waals surface area contributed by atoms with Crippen molar-refractivity contribution in [3.8, 4) is 5.88 Å². The maximum atomic E-state index is 12.3. The zero-order valence-corrected chi connectivity index (χ0v) is 15.0. The van der Waals surface area contributed by atoms with Crippen LogP contribution < -0.4 is 11.2 Å². The van der Waals surface area contributed by atoms with Crippen LogP contribution in [0.15, 0.2) is 14.6 Å². The van der Waals surface area contributed by atoms with E-state index in [1.165, 1.54) is 14.1 Å².